The molecule has 1 radical (unpaired) electrons. The van der Waals surface area contributed by atoms with Gasteiger partial charge in [-0.2, -0.15) is 0 Å². The molecule has 0 aliphatic heterocycles. The fourth-order valence-electron chi connectivity index (χ4n) is 1.75. The number of methoxy groups -OCH3 is 4. The van der Waals surface area contributed by atoms with Gasteiger partial charge in [-0.05, 0) is 19.3 Å². The van der Waals surface area contributed by atoms with Crippen molar-refractivity contribution in [3.05, 3.63) is 6.92 Å². The smallest absolute Gasteiger partial charge is 0.320 e. The van der Waals surface area contributed by atoms with Crippen LogP contribution in [0, 0.1) is 24.7 Å². The van der Waals surface area contributed by atoms with E-state index in [-0.39, 0.29) is 6.42 Å². The number of carbonyl (C=O) groups is 4. The van der Waals surface area contributed by atoms with Crippen molar-refractivity contribution in [1.29, 1.82) is 0 Å². The molecule has 1 atom stereocenters. The maximum absolute atomic E-state index is 11.6. The van der Waals surface area contributed by atoms with Gasteiger partial charge in [0.2, 0.25) is 0 Å². The molecule has 0 fully saturated rings. The van der Waals surface area contributed by atoms with E-state index < -0.39 is 41.6 Å². The molecule has 0 heterocycles. The molecule has 0 aromatic heterocycles. The van der Waals surface area contributed by atoms with Gasteiger partial charge in [-0.3, -0.25) is 19.2 Å². The van der Waals surface area contributed by atoms with Gasteiger partial charge in [-0.15, -0.1) is 0 Å². The molecular formula is C13H19O8. The summed E-state index contributed by atoms with van der Waals surface area (Å²) in [6, 6.07) is 0. The number of hydrogen-bond acceptors (Lipinski definition) is 8. The van der Waals surface area contributed by atoms with E-state index in [0.717, 1.165) is 28.4 Å². The Labute approximate surface area is 122 Å². The molecule has 0 N–H and O–H groups in total. The van der Waals surface area contributed by atoms with Gasteiger partial charge in [-0.1, -0.05) is 0 Å². The molecule has 0 saturated carbocycles. The van der Waals surface area contributed by atoms with Gasteiger partial charge in [-0.25, -0.2) is 0 Å². The fraction of sp³-hybridized carbons (Fsp3) is 0.615. The minimum atomic E-state index is -1.35. The maximum atomic E-state index is 11.6. The molecule has 21 heavy (non-hydrogen) atoms. The first kappa shape index (κ1) is 18.9. The van der Waals surface area contributed by atoms with Gasteiger partial charge in [0.15, 0.2) is 11.8 Å². The lowest BCUT2D eigenvalue weighted by Crippen LogP contribution is -2.36. The Morgan fingerprint density at radius 3 is 1.38 bits per heavy atom. The molecule has 8 heteroatoms. The van der Waals surface area contributed by atoms with Crippen LogP contribution >= 0.6 is 0 Å². The van der Waals surface area contributed by atoms with Crippen LogP contribution in [0.4, 0.5) is 0 Å². The van der Waals surface area contributed by atoms with Crippen LogP contribution in [0.2, 0.25) is 0 Å². The van der Waals surface area contributed by atoms with Crippen LogP contribution in [-0.4, -0.2) is 52.3 Å². The molecule has 0 bridgehead atoms. The van der Waals surface area contributed by atoms with Gasteiger partial charge < -0.3 is 18.9 Å². The van der Waals surface area contributed by atoms with Crippen molar-refractivity contribution in [2.24, 2.45) is 17.8 Å². The molecule has 0 aliphatic carbocycles. The largest absolute Gasteiger partial charge is 0.468 e. The van der Waals surface area contributed by atoms with E-state index in [1.165, 1.54) is 0 Å². The first-order valence-electron chi connectivity index (χ1n) is 5.98. The SMILES string of the molecule is [CH2]C(CC(C(=O)OC)C(=O)OC)C(C(=O)OC)C(=O)OC. The van der Waals surface area contributed by atoms with Crippen molar-refractivity contribution in [2.75, 3.05) is 28.4 Å². The zero-order valence-corrected chi connectivity index (χ0v) is 12.4. The number of carbonyl (C=O) groups excluding carboxylic acids is 4. The normalized spacial score (nSPS) is 11.8. The summed E-state index contributed by atoms with van der Waals surface area (Å²) < 4.78 is 18.0. The lowest BCUT2D eigenvalue weighted by atomic mass is 9.85. The second-order valence-corrected chi connectivity index (χ2v) is 4.12. The van der Waals surface area contributed by atoms with Crippen LogP contribution < -0.4 is 0 Å². The Kier molecular flexibility index (Phi) is 8.03. The predicted octanol–water partition coefficient (Wildman–Crippen LogP) is -0.249. The number of esters is 4. The molecule has 119 valence electrons. The molecule has 1 unspecified atom stereocenters. The highest BCUT2D eigenvalue weighted by atomic mass is 16.5. The summed E-state index contributed by atoms with van der Waals surface area (Å²) in [5, 5.41) is 0. The zero-order chi connectivity index (χ0) is 16.6. The molecule has 0 aromatic carbocycles. The van der Waals surface area contributed by atoms with E-state index in [4.69, 9.17) is 0 Å². The monoisotopic (exact) mass is 303 g/mol. The number of rotatable bonds is 7. The van der Waals surface area contributed by atoms with Crippen molar-refractivity contribution < 1.29 is 38.1 Å². The topological polar surface area (TPSA) is 105 Å². The third-order valence-corrected chi connectivity index (χ3v) is 2.89. The standard InChI is InChI=1S/C13H19O8/c1-7(9(12(16)20-4)13(17)21-5)6-8(10(14)18-2)11(15)19-3/h7-9H,1,6H2,2-5H3. The van der Waals surface area contributed by atoms with Crippen LogP contribution in [0.3, 0.4) is 0 Å². The van der Waals surface area contributed by atoms with Gasteiger partial charge in [0.05, 0.1) is 28.4 Å². The van der Waals surface area contributed by atoms with E-state index >= 15 is 0 Å². The Balaban J connectivity index is 5.20. The minimum absolute atomic E-state index is 0.228. The average molecular weight is 303 g/mol. The second-order valence-electron chi connectivity index (χ2n) is 4.12. The number of hydrogen-bond donors (Lipinski definition) is 0. The Morgan fingerprint density at radius 2 is 1.10 bits per heavy atom. The molecular weight excluding hydrogens is 284 g/mol. The summed E-state index contributed by atoms with van der Waals surface area (Å²) in [5.41, 5.74) is 0. The van der Waals surface area contributed by atoms with Crippen LogP contribution in [0.1, 0.15) is 6.42 Å². The fourth-order valence-corrected chi connectivity index (χ4v) is 1.75. The van der Waals surface area contributed by atoms with Crippen LogP contribution in [0.5, 0.6) is 0 Å². The summed E-state index contributed by atoms with van der Waals surface area (Å²) in [4.78, 5) is 46.4. The molecule has 0 saturated heterocycles. The minimum Gasteiger partial charge on any atom is -0.468 e. The predicted molar refractivity (Wildman–Crippen MR) is 68.5 cm³/mol. The van der Waals surface area contributed by atoms with Gasteiger partial charge in [0.1, 0.15) is 0 Å². The highest BCUT2D eigenvalue weighted by Crippen LogP contribution is 2.24. The van der Waals surface area contributed by atoms with Crippen molar-refractivity contribution in [2.45, 2.75) is 6.42 Å². The lowest BCUT2D eigenvalue weighted by molar-refractivity contribution is -0.165. The Bertz CT molecular complexity index is 371. The van der Waals surface area contributed by atoms with E-state index in [0.29, 0.717) is 0 Å². The molecule has 0 amide bonds. The van der Waals surface area contributed by atoms with Gasteiger partial charge >= 0.3 is 23.9 Å². The Morgan fingerprint density at radius 1 is 0.762 bits per heavy atom. The maximum Gasteiger partial charge on any atom is 0.320 e. The summed E-state index contributed by atoms with van der Waals surface area (Å²) in [6.07, 6.45) is -0.228. The summed E-state index contributed by atoms with van der Waals surface area (Å²) in [6.45, 7) is 3.63. The van der Waals surface area contributed by atoms with E-state index in [9.17, 15) is 19.2 Å². The molecule has 8 nitrogen and oxygen atoms in total. The van der Waals surface area contributed by atoms with Crippen molar-refractivity contribution >= 4 is 23.9 Å². The van der Waals surface area contributed by atoms with Crippen LogP contribution in [0.15, 0.2) is 0 Å². The molecule has 0 spiro atoms. The zero-order valence-electron chi connectivity index (χ0n) is 12.4. The van der Waals surface area contributed by atoms with E-state index in [2.05, 4.69) is 25.9 Å². The van der Waals surface area contributed by atoms with Gasteiger partial charge in [0.25, 0.3) is 0 Å². The molecule has 0 aliphatic rings. The third-order valence-electron chi connectivity index (χ3n) is 2.89. The average Bonchev–Trinajstić information content (AvgIpc) is 2.50. The number of ether oxygens (including phenoxy) is 4. The first-order valence-corrected chi connectivity index (χ1v) is 5.98. The quantitative estimate of drug-likeness (QED) is 0.360. The summed E-state index contributed by atoms with van der Waals surface area (Å²) >= 11 is 0. The lowest BCUT2D eigenvalue weighted by Gasteiger charge is -2.22. The Hall–Kier alpha value is -2.12. The van der Waals surface area contributed by atoms with Gasteiger partial charge in [0, 0.05) is 0 Å². The third kappa shape index (κ3) is 5.05. The van der Waals surface area contributed by atoms with Crippen LogP contribution in [-0.2, 0) is 38.1 Å². The highest BCUT2D eigenvalue weighted by molar-refractivity contribution is 5.97. The summed E-state index contributed by atoms with van der Waals surface area (Å²) in [7, 11) is 4.41. The van der Waals surface area contributed by atoms with E-state index in [1.54, 1.807) is 0 Å². The molecule has 0 rings (SSSR count). The second kappa shape index (κ2) is 8.93. The molecule has 0 aromatic rings. The summed E-state index contributed by atoms with van der Waals surface area (Å²) in [5.74, 6) is -7.00. The first-order chi connectivity index (χ1) is 9.83. The van der Waals surface area contributed by atoms with Crippen molar-refractivity contribution in [3.63, 3.8) is 0 Å². The van der Waals surface area contributed by atoms with Crippen molar-refractivity contribution in [3.8, 4) is 0 Å². The van der Waals surface area contributed by atoms with Crippen LogP contribution in [0.25, 0.3) is 0 Å². The van der Waals surface area contributed by atoms with E-state index in [1.807, 2.05) is 0 Å². The van der Waals surface area contributed by atoms with Crippen molar-refractivity contribution in [1.82, 2.24) is 0 Å². The highest BCUT2D eigenvalue weighted by Gasteiger charge is 2.39.